The molecule has 7 heteroatoms. The number of ether oxygens (including phenoxy) is 4. The molecule has 0 aliphatic carbocycles. The number of carbonyl (C=O) groups excluding carboxylic acids is 2. The fourth-order valence-corrected chi connectivity index (χ4v) is 2.05. The summed E-state index contributed by atoms with van der Waals surface area (Å²) in [7, 11) is 2.47. The summed E-state index contributed by atoms with van der Waals surface area (Å²) in [5, 5.41) is 0.420. The third kappa shape index (κ3) is 5.54. The van der Waals surface area contributed by atoms with Crippen LogP contribution in [0.4, 0.5) is 9.59 Å². The normalized spacial score (nSPS) is 10.4. The molecule has 0 heterocycles. The highest BCUT2D eigenvalue weighted by Gasteiger charge is 2.06. The van der Waals surface area contributed by atoms with Crippen LogP contribution >= 0.6 is 11.6 Å². The Bertz CT molecular complexity index is 783. The maximum Gasteiger partial charge on any atom is 0.513 e. The highest BCUT2D eigenvalue weighted by molar-refractivity contribution is 6.32. The lowest BCUT2D eigenvalue weighted by Gasteiger charge is -2.05. The smallest absolute Gasteiger partial charge is 0.437 e. The minimum absolute atomic E-state index is 0.290. The van der Waals surface area contributed by atoms with Crippen LogP contribution in [0.2, 0.25) is 5.02 Å². The predicted octanol–water partition coefficient (Wildman–Crippen LogP) is 4.80. The van der Waals surface area contributed by atoms with Gasteiger partial charge in [0, 0.05) is 6.07 Å². The van der Waals surface area contributed by atoms with Crippen molar-refractivity contribution in [3.63, 3.8) is 0 Å². The zero-order chi connectivity index (χ0) is 18.2. The average molecular weight is 363 g/mol. The van der Waals surface area contributed by atoms with E-state index in [9.17, 15) is 9.59 Å². The van der Waals surface area contributed by atoms with Gasteiger partial charge in [-0.2, -0.15) is 0 Å². The topological polar surface area (TPSA) is 71.1 Å². The van der Waals surface area contributed by atoms with Crippen molar-refractivity contribution in [2.24, 2.45) is 0 Å². The Morgan fingerprint density at radius 2 is 1.40 bits per heavy atom. The lowest BCUT2D eigenvalue weighted by Crippen LogP contribution is -2.07. The average Bonchev–Trinajstić information content (AvgIpc) is 2.62. The monoisotopic (exact) mass is 362 g/mol. The second-order valence-electron chi connectivity index (χ2n) is 4.70. The van der Waals surface area contributed by atoms with Gasteiger partial charge in [-0.25, -0.2) is 9.59 Å². The van der Waals surface area contributed by atoms with Crippen molar-refractivity contribution in [3.8, 4) is 11.5 Å². The number of halogens is 1. The summed E-state index contributed by atoms with van der Waals surface area (Å²) in [6.07, 6.45) is 2.06. The summed E-state index contributed by atoms with van der Waals surface area (Å²) in [4.78, 5) is 22.1. The highest BCUT2D eigenvalue weighted by Crippen LogP contribution is 2.25. The van der Waals surface area contributed by atoms with E-state index in [1.54, 1.807) is 42.5 Å². The molecular weight excluding hydrogens is 348 g/mol. The molecule has 0 saturated heterocycles. The zero-order valence-corrected chi connectivity index (χ0v) is 14.3. The second-order valence-corrected chi connectivity index (χ2v) is 5.11. The first-order valence-corrected chi connectivity index (χ1v) is 7.49. The van der Waals surface area contributed by atoms with Crippen LogP contribution in [0.15, 0.2) is 42.5 Å². The van der Waals surface area contributed by atoms with Crippen molar-refractivity contribution in [1.82, 2.24) is 0 Å². The first-order chi connectivity index (χ1) is 12.0. The van der Waals surface area contributed by atoms with Crippen LogP contribution in [0, 0.1) is 0 Å². The first kappa shape index (κ1) is 18.4. The van der Waals surface area contributed by atoms with Crippen molar-refractivity contribution in [3.05, 3.63) is 58.6 Å². The van der Waals surface area contributed by atoms with Gasteiger partial charge in [-0.3, -0.25) is 0 Å². The van der Waals surface area contributed by atoms with E-state index in [4.69, 9.17) is 21.1 Å². The van der Waals surface area contributed by atoms with Crippen LogP contribution in [0.25, 0.3) is 12.2 Å². The van der Waals surface area contributed by atoms with E-state index in [-0.39, 0.29) is 0 Å². The predicted molar refractivity (Wildman–Crippen MR) is 92.9 cm³/mol. The number of methoxy groups -OCH3 is 2. The molecule has 0 aromatic heterocycles. The molecule has 0 bridgehead atoms. The number of hydrogen-bond acceptors (Lipinski definition) is 6. The molecule has 0 saturated carbocycles. The molecule has 25 heavy (non-hydrogen) atoms. The third-order valence-corrected chi connectivity index (χ3v) is 3.37. The van der Waals surface area contributed by atoms with Crippen LogP contribution < -0.4 is 9.47 Å². The van der Waals surface area contributed by atoms with Gasteiger partial charge in [0.2, 0.25) is 0 Å². The standard InChI is InChI=1S/C18H15ClO6/c1-22-17(20)24-14-8-4-12(5-9-14)3-6-13-7-10-15(11-16(13)19)25-18(21)23-2/h3-11H,1-2H3/b6-3+. The van der Waals surface area contributed by atoms with E-state index in [1.165, 1.54) is 20.3 Å². The Morgan fingerprint density at radius 3 is 1.96 bits per heavy atom. The van der Waals surface area contributed by atoms with Crippen LogP contribution in [0.3, 0.4) is 0 Å². The zero-order valence-electron chi connectivity index (χ0n) is 13.5. The fraction of sp³-hybridized carbons (Fsp3) is 0.111. The van der Waals surface area contributed by atoms with Crippen molar-refractivity contribution >= 4 is 36.1 Å². The summed E-state index contributed by atoms with van der Waals surface area (Å²) >= 11 is 6.17. The van der Waals surface area contributed by atoms with Gasteiger partial charge in [0.1, 0.15) is 11.5 Å². The molecule has 0 atom stereocenters. The summed E-state index contributed by atoms with van der Waals surface area (Å²) in [6, 6.07) is 11.7. The molecule has 2 rings (SSSR count). The van der Waals surface area contributed by atoms with Gasteiger partial charge >= 0.3 is 12.3 Å². The lowest BCUT2D eigenvalue weighted by molar-refractivity contribution is 0.120. The SMILES string of the molecule is COC(=O)Oc1ccc(/C=C/c2ccc(OC(=O)OC)cc2Cl)cc1. The maximum atomic E-state index is 11.1. The van der Waals surface area contributed by atoms with Crippen molar-refractivity contribution in [2.45, 2.75) is 0 Å². The minimum Gasteiger partial charge on any atom is -0.437 e. The van der Waals surface area contributed by atoms with Gasteiger partial charge < -0.3 is 18.9 Å². The van der Waals surface area contributed by atoms with E-state index in [0.29, 0.717) is 16.5 Å². The van der Waals surface area contributed by atoms with Crippen LogP contribution in [-0.4, -0.2) is 26.5 Å². The number of carbonyl (C=O) groups is 2. The Kier molecular flexibility index (Phi) is 6.42. The molecule has 130 valence electrons. The van der Waals surface area contributed by atoms with Crippen LogP contribution in [0.1, 0.15) is 11.1 Å². The summed E-state index contributed by atoms with van der Waals surface area (Å²) in [5.74, 6) is 0.671. The molecule has 0 aliphatic heterocycles. The molecule has 6 nitrogen and oxygen atoms in total. The molecule has 0 aliphatic rings. The number of rotatable bonds is 4. The van der Waals surface area contributed by atoms with Crippen molar-refractivity contribution < 1.29 is 28.5 Å². The Morgan fingerprint density at radius 1 is 0.840 bits per heavy atom. The molecule has 0 amide bonds. The summed E-state index contributed by atoms with van der Waals surface area (Å²) in [5.41, 5.74) is 1.62. The van der Waals surface area contributed by atoms with Crippen molar-refractivity contribution in [1.29, 1.82) is 0 Å². The summed E-state index contributed by atoms with van der Waals surface area (Å²) in [6.45, 7) is 0. The van der Waals surface area contributed by atoms with E-state index in [1.807, 2.05) is 6.08 Å². The molecule has 2 aromatic rings. The van der Waals surface area contributed by atoms with Crippen molar-refractivity contribution in [2.75, 3.05) is 14.2 Å². The van der Waals surface area contributed by atoms with Gasteiger partial charge in [0.25, 0.3) is 0 Å². The maximum absolute atomic E-state index is 11.1. The van der Waals surface area contributed by atoms with Gasteiger partial charge in [-0.15, -0.1) is 0 Å². The molecule has 0 unspecified atom stereocenters. The van der Waals surface area contributed by atoms with Crippen LogP contribution in [0.5, 0.6) is 11.5 Å². The van der Waals surface area contributed by atoms with Gasteiger partial charge in [-0.1, -0.05) is 35.9 Å². The van der Waals surface area contributed by atoms with Gasteiger partial charge in [-0.05, 0) is 35.4 Å². The van der Waals surface area contributed by atoms with E-state index >= 15 is 0 Å². The van der Waals surface area contributed by atoms with E-state index in [0.717, 1.165) is 11.1 Å². The first-order valence-electron chi connectivity index (χ1n) is 7.11. The van der Waals surface area contributed by atoms with E-state index in [2.05, 4.69) is 9.47 Å². The second kappa shape index (κ2) is 8.75. The largest absolute Gasteiger partial charge is 0.513 e. The quantitative estimate of drug-likeness (QED) is 0.442. The Labute approximate surface area is 149 Å². The Hall–Kier alpha value is -2.99. The number of hydrogen-bond donors (Lipinski definition) is 0. The molecule has 0 radical (unpaired) electrons. The minimum atomic E-state index is -0.811. The van der Waals surface area contributed by atoms with E-state index < -0.39 is 12.3 Å². The highest BCUT2D eigenvalue weighted by atomic mass is 35.5. The fourth-order valence-electron chi connectivity index (χ4n) is 1.82. The number of benzene rings is 2. The van der Waals surface area contributed by atoms with Gasteiger partial charge in [0.05, 0.1) is 19.2 Å². The molecular formula is C18H15ClO6. The van der Waals surface area contributed by atoms with Gasteiger partial charge in [0.15, 0.2) is 0 Å². The lowest BCUT2D eigenvalue weighted by atomic mass is 10.1. The molecule has 0 N–H and O–H groups in total. The molecule has 0 fully saturated rings. The molecule has 2 aromatic carbocycles. The van der Waals surface area contributed by atoms with Crippen LogP contribution in [-0.2, 0) is 9.47 Å². The summed E-state index contributed by atoms with van der Waals surface area (Å²) < 4.78 is 18.6. The molecule has 0 spiro atoms. The Balaban J connectivity index is 2.06. The third-order valence-electron chi connectivity index (χ3n) is 3.04.